The number of nitrogens with one attached hydrogen (secondary N) is 1. The van der Waals surface area contributed by atoms with Gasteiger partial charge < -0.3 is 9.64 Å². The Balaban J connectivity index is 1.36. The lowest BCUT2D eigenvalue weighted by molar-refractivity contribution is -0.00575. The van der Waals surface area contributed by atoms with Gasteiger partial charge in [0.25, 0.3) is 5.91 Å². The lowest BCUT2D eigenvalue weighted by Gasteiger charge is -2.44. The van der Waals surface area contributed by atoms with Crippen molar-refractivity contribution in [1.82, 2.24) is 15.1 Å². The van der Waals surface area contributed by atoms with E-state index < -0.39 is 5.60 Å². The fraction of sp³-hybridized carbons (Fsp3) is 0.400. The van der Waals surface area contributed by atoms with E-state index in [0.717, 1.165) is 33.3 Å². The highest BCUT2D eigenvalue weighted by Gasteiger charge is 2.44. The molecule has 31 heavy (non-hydrogen) atoms. The fourth-order valence-electron chi connectivity index (χ4n) is 4.87. The number of amides is 1. The highest BCUT2D eigenvalue weighted by atomic mass is 16.5. The molecule has 1 N–H and O–H groups in total. The van der Waals surface area contributed by atoms with Crippen molar-refractivity contribution in [3.8, 4) is 5.75 Å². The first-order valence-electron chi connectivity index (χ1n) is 10.8. The summed E-state index contributed by atoms with van der Waals surface area (Å²) in [4.78, 5) is 28.0. The van der Waals surface area contributed by atoms with Gasteiger partial charge in [-0.25, -0.2) is 0 Å². The summed E-state index contributed by atoms with van der Waals surface area (Å²) in [5.74, 6) is 0.853. The molecule has 3 aromatic rings. The molecule has 2 aliphatic heterocycles. The van der Waals surface area contributed by atoms with Gasteiger partial charge in [0.05, 0.1) is 17.5 Å². The van der Waals surface area contributed by atoms with E-state index in [0.29, 0.717) is 49.2 Å². The number of carbonyl (C=O) groups excluding carboxylic acids is 2. The van der Waals surface area contributed by atoms with Crippen LogP contribution < -0.4 is 4.74 Å². The second kappa shape index (κ2) is 6.94. The van der Waals surface area contributed by atoms with Gasteiger partial charge >= 0.3 is 0 Å². The molecule has 1 saturated heterocycles. The Labute approximate surface area is 181 Å². The van der Waals surface area contributed by atoms with E-state index in [1.807, 2.05) is 56.9 Å². The second-order valence-electron chi connectivity index (χ2n) is 9.15. The van der Waals surface area contributed by atoms with Crippen LogP contribution in [0.1, 0.15) is 62.4 Å². The number of nitrogens with zero attached hydrogens (tertiary/aromatic N) is 2. The Morgan fingerprint density at radius 3 is 2.48 bits per heavy atom. The number of aromatic amines is 1. The number of carbonyl (C=O) groups is 2. The van der Waals surface area contributed by atoms with Crippen LogP contribution in [0.4, 0.5) is 0 Å². The molecule has 0 aliphatic carbocycles. The van der Waals surface area contributed by atoms with Crippen molar-refractivity contribution in [2.24, 2.45) is 0 Å². The molecule has 5 rings (SSSR count). The number of hydrogen-bond donors (Lipinski definition) is 1. The van der Waals surface area contributed by atoms with Crippen LogP contribution in [0.3, 0.4) is 0 Å². The predicted octanol–water partition coefficient (Wildman–Crippen LogP) is 4.44. The van der Waals surface area contributed by atoms with Crippen molar-refractivity contribution < 1.29 is 14.3 Å². The maximum atomic E-state index is 13.2. The van der Waals surface area contributed by atoms with Gasteiger partial charge in [0.1, 0.15) is 11.4 Å². The summed E-state index contributed by atoms with van der Waals surface area (Å²) in [5, 5.41) is 8.31. The number of benzene rings is 2. The first kappa shape index (κ1) is 19.8. The zero-order valence-electron chi connectivity index (χ0n) is 18.5. The van der Waals surface area contributed by atoms with E-state index in [1.165, 1.54) is 0 Å². The normalized spacial score (nSPS) is 17.7. The number of ketones is 1. The zero-order chi connectivity index (χ0) is 21.9. The third-order valence-electron chi connectivity index (χ3n) is 6.95. The molecule has 0 radical (unpaired) electrons. The molecule has 0 unspecified atom stereocenters. The molecule has 0 atom stereocenters. The highest BCUT2D eigenvalue weighted by Crippen LogP contribution is 2.40. The van der Waals surface area contributed by atoms with Crippen molar-refractivity contribution in [3.05, 3.63) is 57.8 Å². The Kier molecular flexibility index (Phi) is 4.43. The second-order valence-corrected chi connectivity index (χ2v) is 9.15. The number of piperidine rings is 1. The van der Waals surface area contributed by atoms with Crippen LogP contribution >= 0.6 is 0 Å². The number of rotatable bonds is 1. The molecular formula is C25H27N3O3. The first-order chi connectivity index (χ1) is 14.8. The summed E-state index contributed by atoms with van der Waals surface area (Å²) in [5.41, 5.74) is 5.94. The van der Waals surface area contributed by atoms with Crippen LogP contribution in [-0.4, -0.2) is 45.5 Å². The van der Waals surface area contributed by atoms with Crippen LogP contribution in [0.2, 0.25) is 0 Å². The van der Waals surface area contributed by atoms with Crippen LogP contribution in [0.25, 0.3) is 10.9 Å². The van der Waals surface area contributed by atoms with E-state index in [9.17, 15) is 9.59 Å². The average Bonchev–Trinajstić information content (AvgIpc) is 3.11. The van der Waals surface area contributed by atoms with Gasteiger partial charge in [-0.05, 0) is 68.7 Å². The Bertz CT molecular complexity index is 1230. The van der Waals surface area contributed by atoms with Gasteiger partial charge in [0, 0.05) is 42.6 Å². The van der Waals surface area contributed by atoms with Gasteiger partial charge in [-0.15, -0.1) is 0 Å². The van der Waals surface area contributed by atoms with Crippen molar-refractivity contribution >= 4 is 22.6 Å². The van der Waals surface area contributed by atoms with Gasteiger partial charge in [-0.1, -0.05) is 0 Å². The maximum Gasteiger partial charge on any atom is 0.253 e. The molecule has 2 aromatic carbocycles. The molecule has 3 heterocycles. The number of H-pyrrole nitrogens is 1. The smallest absolute Gasteiger partial charge is 0.253 e. The third-order valence-corrected chi connectivity index (χ3v) is 6.95. The minimum Gasteiger partial charge on any atom is -0.486 e. The number of aromatic nitrogens is 2. The summed E-state index contributed by atoms with van der Waals surface area (Å²) in [6, 6.07) is 7.76. The number of ether oxygens (including phenoxy) is 1. The fourth-order valence-corrected chi connectivity index (χ4v) is 4.87. The van der Waals surface area contributed by atoms with Gasteiger partial charge in [-0.2, -0.15) is 5.10 Å². The molecule has 160 valence electrons. The molecule has 6 nitrogen and oxygen atoms in total. The molecule has 1 fully saturated rings. The van der Waals surface area contributed by atoms with Crippen molar-refractivity contribution in [2.45, 2.75) is 52.6 Å². The Hall–Kier alpha value is -3.15. The lowest BCUT2D eigenvalue weighted by Crippen LogP contribution is -2.52. The topological polar surface area (TPSA) is 75.3 Å². The average molecular weight is 418 g/mol. The summed E-state index contributed by atoms with van der Waals surface area (Å²) in [7, 11) is 0. The quantitative estimate of drug-likeness (QED) is 0.635. The molecule has 2 aliphatic rings. The minimum absolute atomic E-state index is 0.0226. The largest absolute Gasteiger partial charge is 0.486 e. The number of likely N-dealkylation sites (tertiary alicyclic amines) is 1. The van der Waals surface area contributed by atoms with Gasteiger partial charge in [-0.3, -0.25) is 14.7 Å². The number of fused-ring (bicyclic) bond motifs is 2. The lowest BCUT2D eigenvalue weighted by atomic mass is 9.81. The van der Waals surface area contributed by atoms with Crippen molar-refractivity contribution in [2.75, 3.05) is 13.1 Å². The molecule has 1 aromatic heterocycles. The zero-order valence-corrected chi connectivity index (χ0v) is 18.5. The molecular weight excluding hydrogens is 390 g/mol. The van der Waals surface area contributed by atoms with E-state index in [4.69, 9.17) is 4.74 Å². The third kappa shape index (κ3) is 3.21. The molecule has 1 amide bonds. The maximum absolute atomic E-state index is 13.2. The van der Waals surface area contributed by atoms with Crippen LogP contribution in [0, 0.1) is 27.7 Å². The summed E-state index contributed by atoms with van der Waals surface area (Å²) >= 11 is 0. The number of hydrogen-bond acceptors (Lipinski definition) is 4. The van der Waals surface area contributed by atoms with E-state index >= 15 is 0 Å². The Morgan fingerprint density at radius 1 is 1.03 bits per heavy atom. The number of Topliss-reactive ketones (excluding diaryl/α,β-unsaturated/α-hetero) is 1. The monoisotopic (exact) mass is 417 g/mol. The molecule has 0 bridgehead atoms. The van der Waals surface area contributed by atoms with E-state index in [2.05, 4.69) is 10.2 Å². The standard InChI is InChI=1S/C25H27N3O3/c1-14-10-20-21(29)13-25(31-22(20)11-15(14)2)5-7-28(8-6-25)24(30)18-9-16(3)23-19(12-18)17(4)26-27-23/h9-12H,5-8,13H2,1-4H3,(H,26,27). The van der Waals surface area contributed by atoms with Gasteiger partial charge in [0.15, 0.2) is 5.78 Å². The summed E-state index contributed by atoms with van der Waals surface area (Å²) in [6.45, 7) is 9.15. The van der Waals surface area contributed by atoms with Crippen molar-refractivity contribution in [1.29, 1.82) is 0 Å². The molecule has 6 heteroatoms. The predicted molar refractivity (Wildman–Crippen MR) is 119 cm³/mol. The molecule has 0 saturated carbocycles. The van der Waals surface area contributed by atoms with E-state index in [1.54, 1.807) is 0 Å². The highest BCUT2D eigenvalue weighted by molar-refractivity contribution is 6.01. The SMILES string of the molecule is Cc1cc2c(cc1C)C(=O)CC1(CCN(C(=O)c3cc(C)c4n[nH]c(C)c4c3)CC1)O2. The Morgan fingerprint density at radius 2 is 1.74 bits per heavy atom. The number of aryl methyl sites for hydroxylation is 4. The summed E-state index contributed by atoms with van der Waals surface area (Å²) < 4.78 is 6.41. The van der Waals surface area contributed by atoms with Crippen LogP contribution in [0.15, 0.2) is 24.3 Å². The van der Waals surface area contributed by atoms with E-state index in [-0.39, 0.29) is 11.7 Å². The van der Waals surface area contributed by atoms with Crippen LogP contribution in [-0.2, 0) is 0 Å². The van der Waals surface area contributed by atoms with Crippen LogP contribution in [0.5, 0.6) is 5.75 Å². The summed E-state index contributed by atoms with van der Waals surface area (Å²) in [6.07, 6.45) is 1.69. The van der Waals surface area contributed by atoms with Crippen molar-refractivity contribution in [3.63, 3.8) is 0 Å². The van der Waals surface area contributed by atoms with Gasteiger partial charge in [0.2, 0.25) is 0 Å². The molecule has 1 spiro atoms. The first-order valence-corrected chi connectivity index (χ1v) is 10.8. The minimum atomic E-state index is -0.510.